The highest BCUT2D eigenvalue weighted by Gasteiger charge is 2.37. The topological polar surface area (TPSA) is 38.2 Å². The summed E-state index contributed by atoms with van der Waals surface area (Å²) >= 11 is 0. The van der Waals surface area contributed by atoms with E-state index in [2.05, 4.69) is 28.7 Å². The summed E-state index contributed by atoms with van der Waals surface area (Å²) in [7, 11) is 0. The first-order valence-corrected chi connectivity index (χ1v) is 6.84. The van der Waals surface area contributed by atoms with Crippen molar-refractivity contribution in [2.75, 3.05) is 18.0 Å². The average molecular weight is 247 g/mol. The minimum atomic E-state index is 0.291. The van der Waals surface area contributed by atoms with Gasteiger partial charge in [-0.2, -0.15) is 0 Å². The van der Waals surface area contributed by atoms with Crippen molar-refractivity contribution in [1.29, 1.82) is 0 Å². The summed E-state index contributed by atoms with van der Waals surface area (Å²) in [6.45, 7) is 8.10. The molecule has 2 fully saturated rings. The molecular weight excluding hydrogens is 226 g/mol. The van der Waals surface area contributed by atoms with Gasteiger partial charge in [-0.25, -0.2) is 9.97 Å². The zero-order valence-corrected chi connectivity index (χ0v) is 11.4. The largest absolute Gasteiger partial charge is 0.371 e. The normalized spacial score (nSPS) is 28.5. The third-order valence-corrected chi connectivity index (χ3v) is 3.80. The number of hydrogen-bond acceptors (Lipinski definition) is 4. The maximum Gasteiger partial charge on any atom is 0.135 e. The van der Waals surface area contributed by atoms with Gasteiger partial charge < -0.3 is 9.64 Å². The third kappa shape index (κ3) is 2.34. The van der Waals surface area contributed by atoms with Crippen LogP contribution < -0.4 is 4.90 Å². The summed E-state index contributed by atoms with van der Waals surface area (Å²) in [5.74, 6) is 2.71. The Morgan fingerprint density at radius 2 is 2.06 bits per heavy atom. The molecule has 1 saturated heterocycles. The van der Waals surface area contributed by atoms with Crippen LogP contribution in [0.2, 0.25) is 0 Å². The van der Waals surface area contributed by atoms with Crippen molar-refractivity contribution in [3.63, 3.8) is 0 Å². The third-order valence-electron chi connectivity index (χ3n) is 3.80. The van der Waals surface area contributed by atoms with Crippen molar-refractivity contribution in [1.82, 2.24) is 9.97 Å². The smallest absolute Gasteiger partial charge is 0.135 e. The maximum absolute atomic E-state index is 6.05. The number of anilines is 1. The highest BCUT2D eigenvalue weighted by molar-refractivity contribution is 5.46. The minimum absolute atomic E-state index is 0.291. The monoisotopic (exact) mass is 247 g/mol. The molecule has 1 aromatic rings. The van der Waals surface area contributed by atoms with E-state index < -0.39 is 0 Å². The van der Waals surface area contributed by atoms with Gasteiger partial charge >= 0.3 is 0 Å². The van der Waals surface area contributed by atoms with E-state index in [1.54, 1.807) is 0 Å². The number of hydrogen-bond donors (Lipinski definition) is 0. The Morgan fingerprint density at radius 3 is 2.78 bits per heavy atom. The lowest BCUT2D eigenvalue weighted by Gasteiger charge is -2.38. The zero-order chi connectivity index (χ0) is 12.7. The van der Waals surface area contributed by atoms with Crippen LogP contribution in [0.3, 0.4) is 0 Å². The molecular formula is C14H21N3O. The predicted octanol–water partition coefficient (Wildman–Crippen LogP) is 2.10. The maximum atomic E-state index is 6.05. The molecule has 2 heterocycles. The standard InChI is InChI=1S/C14H21N3O/c1-9-6-15-11(3)16-14(9)17-7-10(2)18-13(8-17)12-4-5-12/h6,10,12-13H,4-5,7-8H2,1-3H3/t10-,13+/m1/s1. The summed E-state index contributed by atoms with van der Waals surface area (Å²) in [5, 5.41) is 0. The van der Waals surface area contributed by atoms with Crippen LogP contribution in [-0.2, 0) is 4.74 Å². The fourth-order valence-corrected chi connectivity index (χ4v) is 2.73. The minimum Gasteiger partial charge on any atom is -0.371 e. The summed E-state index contributed by atoms with van der Waals surface area (Å²) < 4.78 is 6.05. The highest BCUT2D eigenvalue weighted by atomic mass is 16.5. The molecule has 3 rings (SSSR count). The number of nitrogens with zero attached hydrogens (tertiary/aromatic N) is 3. The van der Waals surface area contributed by atoms with Gasteiger partial charge in [-0.05, 0) is 39.5 Å². The summed E-state index contributed by atoms with van der Waals surface area (Å²) in [5.41, 5.74) is 1.16. The van der Waals surface area contributed by atoms with Crippen LogP contribution in [0.1, 0.15) is 31.2 Å². The van der Waals surface area contributed by atoms with Crippen molar-refractivity contribution < 1.29 is 4.74 Å². The van der Waals surface area contributed by atoms with Gasteiger partial charge in [-0.1, -0.05) is 0 Å². The molecule has 0 unspecified atom stereocenters. The van der Waals surface area contributed by atoms with Gasteiger partial charge in [-0.3, -0.25) is 0 Å². The van der Waals surface area contributed by atoms with E-state index in [9.17, 15) is 0 Å². The Morgan fingerprint density at radius 1 is 1.28 bits per heavy atom. The molecule has 0 radical (unpaired) electrons. The van der Waals surface area contributed by atoms with Crippen LogP contribution in [0.15, 0.2) is 6.20 Å². The molecule has 1 saturated carbocycles. The van der Waals surface area contributed by atoms with E-state index in [0.29, 0.717) is 12.2 Å². The molecule has 0 N–H and O–H groups in total. The lowest BCUT2D eigenvalue weighted by molar-refractivity contribution is -0.0274. The first kappa shape index (κ1) is 11.9. The molecule has 1 aromatic heterocycles. The Kier molecular flexibility index (Phi) is 2.98. The Bertz CT molecular complexity index is 445. The molecule has 1 aliphatic carbocycles. The molecule has 4 nitrogen and oxygen atoms in total. The van der Waals surface area contributed by atoms with Crippen LogP contribution in [0.5, 0.6) is 0 Å². The van der Waals surface area contributed by atoms with Crippen molar-refractivity contribution in [2.45, 2.75) is 45.8 Å². The van der Waals surface area contributed by atoms with Crippen LogP contribution in [0, 0.1) is 19.8 Å². The number of aromatic nitrogens is 2. The van der Waals surface area contributed by atoms with Crippen molar-refractivity contribution in [2.24, 2.45) is 5.92 Å². The fourth-order valence-electron chi connectivity index (χ4n) is 2.73. The molecule has 0 aromatic carbocycles. The first-order valence-electron chi connectivity index (χ1n) is 6.84. The number of ether oxygens (including phenoxy) is 1. The Labute approximate surface area is 108 Å². The molecule has 98 valence electrons. The molecule has 0 amide bonds. The number of morpholine rings is 1. The van der Waals surface area contributed by atoms with Crippen LogP contribution in [-0.4, -0.2) is 35.3 Å². The van der Waals surface area contributed by atoms with Gasteiger partial charge in [0, 0.05) is 24.8 Å². The average Bonchev–Trinajstić information content (AvgIpc) is 3.15. The van der Waals surface area contributed by atoms with Gasteiger partial charge in [0.2, 0.25) is 0 Å². The van der Waals surface area contributed by atoms with Gasteiger partial charge in [-0.15, -0.1) is 0 Å². The summed E-state index contributed by atoms with van der Waals surface area (Å²) in [4.78, 5) is 11.2. The van der Waals surface area contributed by atoms with Crippen molar-refractivity contribution >= 4 is 5.82 Å². The molecule has 1 aliphatic heterocycles. The fraction of sp³-hybridized carbons (Fsp3) is 0.714. The van der Waals surface area contributed by atoms with E-state index in [1.165, 1.54) is 12.8 Å². The first-order chi connectivity index (χ1) is 8.63. The Balaban J connectivity index is 1.83. The molecule has 2 atom stereocenters. The Hall–Kier alpha value is -1.16. The molecule has 0 spiro atoms. The SMILES string of the molecule is Cc1ncc(C)c(N2C[C@@H](C)O[C@H](C3CC3)C2)n1. The van der Waals surface area contributed by atoms with Crippen LogP contribution in [0.4, 0.5) is 5.82 Å². The summed E-state index contributed by atoms with van der Waals surface area (Å²) in [6, 6.07) is 0. The van der Waals surface area contributed by atoms with E-state index in [1.807, 2.05) is 13.1 Å². The van der Waals surface area contributed by atoms with Gasteiger partial charge in [0.05, 0.1) is 12.2 Å². The second-order valence-corrected chi connectivity index (χ2v) is 5.65. The number of aryl methyl sites for hydroxylation is 2. The second kappa shape index (κ2) is 4.50. The molecule has 0 bridgehead atoms. The van der Waals surface area contributed by atoms with Gasteiger partial charge in [0.1, 0.15) is 11.6 Å². The van der Waals surface area contributed by atoms with Crippen molar-refractivity contribution in [3.8, 4) is 0 Å². The van der Waals surface area contributed by atoms with Crippen LogP contribution >= 0.6 is 0 Å². The lowest BCUT2D eigenvalue weighted by Crippen LogP contribution is -2.48. The molecule has 4 heteroatoms. The van der Waals surface area contributed by atoms with E-state index >= 15 is 0 Å². The van der Waals surface area contributed by atoms with Crippen LogP contribution in [0.25, 0.3) is 0 Å². The van der Waals surface area contributed by atoms with E-state index in [4.69, 9.17) is 4.74 Å². The number of rotatable bonds is 2. The predicted molar refractivity (Wildman–Crippen MR) is 70.8 cm³/mol. The summed E-state index contributed by atoms with van der Waals surface area (Å²) in [6.07, 6.45) is 5.26. The van der Waals surface area contributed by atoms with E-state index in [-0.39, 0.29) is 0 Å². The van der Waals surface area contributed by atoms with E-state index in [0.717, 1.165) is 36.2 Å². The second-order valence-electron chi connectivity index (χ2n) is 5.65. The quantitative estimate of drug-likeness (QED) is 0.802. The molecule has 2 aliphatic rings. The van der Waals surface area contributed by atoms with Gasteiger partial charge in [0.25, 0.3) is 0 Å². The van der Waals surface area contributed by atoms with Crippen molar-refractivity contribution in [3.05, 3.63) is 17.6 Å². The zero-order valence-electron chi connectivity index (χ0n) is 11.4. The molecule has 18 heavy (non-hydrogen) atoms. The van der Waals surface area contributed by atoms with Gasteiger partial charge in [0.15, 0.2) is 0 Å². The lowest BCUT2D eigenvalue weighted by atomic mass is 10.1. The highest BCUT2D eigenvalue weighted by Crippen LogP contribution is 2.37.